The molecule has 1 aliphatic heterocycles. The molecule has 1 fully saturated rings. The van der Waals surface area contributed by atoms with Gasteiger partial charge in [-0.05, 0) is 61.3 Å². The van der Waals surface area contributed by atoms with E-state index in [1.54, 1.807) is 19.5 Å². The van der Waals surface area contributed by atoms with Gasteiger partial charge in [-0.2, -0.15) is 5.10 Å². The fourth-order valence-electron chi connectivity index (χ4n) is 4.95. The Morgan fingerprint density at radius 2 is 1.78 bits per heavy atom. The molecule has 37 heavy (non-hydrogen) atoms. The highest BCUT2D eigenvalue weighted by Crippen LogP contribution is 2.27. The van der Waals surface area contributed by atoms with E-state index in [0.29, 0.717) is 24.3 Å². The lowest BCUT2D eigenvalue weighted by atomic mass is 10.0. The molecule has 3 heterocycles. The van der Waals surface area contributed by atoms with E-state index in [2.05, 4.69) is 39.5 Å². The second kappa shape index (κ2) is 11.8. The van der Waals surface area contributed by atoms with Gasteiger partial charge in [-0.15, -0.1) is 0 Å². The zero-order valence-electron chi connectivity index (χ0n) is 21.2. The number of hydrogen-bond acceptors (Lipinski definition) is 5. The molecule has 1 aliphatic rings. The summed E-state index contributed by atoms with van der Waals surface area (Å²) in [4.78, 5) is 20.3. The zero-order valence-corrected chi connectivity index (χ0v) is 21.2. The van der Waals surface area contributed by atoms with Crippen molar-refractivity contribution in [2.45, 2.75) is 31.8 Å². The largest absolute Gasteiger partial charge is 0.497 e. The van der Waals surface area contributed by atoms with Gasteiger partial charge < -0.3 is 10.1 Å². The van der Waals surface area contributed by atoms with Crippen LogP contribution in [0.25, 0.3) is 11.3 Å². The number of aromatic nitrogens is 3. The maximum atomic E-state index is 13.6. The first-order valence-electron chi connectivity index (χ1n) is 12.9. The highest BCUT2D eigenvalue weighted by molar-refractivity contribution is 5.99. The second-order valence-electron chi connectivity index (χ2n) is 9.41. The normalized spacial score (nSPS) is 14.7. The Bertz CT molecular complexity index is 1280. The van der Waals surface area contributed by atoms with Crippen LogP contribution in [-0.2, 0) is 6.54 Å². The molecule has 0 aliphatic carbocycles. The van der Waals surface area contributed by atoms with Gasteiger partial charge in [0, 0.05) is 30.7 Å². The van der Waals surface area contributed by atoms with E-state index in [1.165, 1.54) is 24.8 Å². The summed E-state index contributed by atoms with van der Waals surface area (Å²) >= 11 is 0. The van der Waals surface area contributed by atoms with E-state index >= 15 is 0 Å². The van der Waals surface area contributed by atoms with Gasteiger partial charge in [0.2, 0.25) is 0 Å². The maximum absolute atomic E-state index is 13.6. The van der Waals surface area contributed by atoms with E-state index in [0.717, 1.165) is 30.0 Å². The van der Waals surface area contributed by atoms with Crippen LogP contribution in [0.15, 0.2) is 85.3 Å². The smallest absolute Gasteiger partial charge is 0.255 e. The van der Waals surface area contributed by atoms with E-state index in [4.69, 9.17) is 9.84 Å². The van der Waals surface area contributed by atoms with Gasteiger partial charge in [-0.1, -0.05) is 48.9 Å². The van der Waals surface area contributed by atoms with Gasteiger partial charge >= 0.3 is 0 Å². The lowest BCUT2D eigenvalue weighted by molar-refractivity contribution is 0.0925. The monoisotopic (exact) mass is 495 g/mol. The van der Waals surface area contributed by atoms with Crippen LogP contribution in [0.4, 0.5) is 0 Å². The van der Waals surface area contributed by atoms with Crippen LogP contribution in [0.5, 0.6) is 5.75 Å². The molecule has 190 valence electrons. The molecule has 0 bridgehead atoms. The number of nitrogens with zero attached hydrogens (tertiary/aromatic N) is 4. The summed E-state index contributed by atoms with van der Waals surface area (Å²) in [5, 5.41) is 8.01. The van der Waals surface area contributed by atoms with E-state index < -0.39 is 0 Å². The van der Waals surface area contributed by atoms with Crippen molar-refractivity contribution < 1.29 is 9.53 Å². The number of carbonyl (C=O) groups is 1. The SMILES string of the molecule is COc1ccc([C@@H](CNC(=O)c2cn(Cc3ccccc3)nc2-c2cccnc2)N2CCCCC2)cc1. The van der Waals surface area contributed by atoms with Gasteiger partial charge in [0.15, 0.2) is 0 Å². The number of amides is 1. The first-order valence-corrected chi connectivity index (χ1v) is 12.9. The summed E-state index contributed by atoms with van der Waals surface area (Å²) in [6, 6.07) is 22.2. The van der Waals surface area contributed by atoms with Gasteiger partial charge in [-0.25, -0.2) is 0 Å². The Morgan fingerprint density at radius 1 is 1.00 bits per heavy atom. The van der Waals surface area contributed by atoms with Crippen LogP contribution in [-0.4, -0.2) is 52.3 Å². The van der Waals surface area contributed by atoms with Gasteiger partial charge in [0.25, 0.3) is 5.91 Å². The number of methoxy groups -OCH3 is 1. The summed E-state index contributed by atoms with van der Waals surface area (Å²) < 4.78 is 7.18. The number of nitrogens with one attached hydrogen (secondary N) is 1. The third-order valence-corrected chi connectivity index (χ3v) is 6.92. The molecule has 1 N–H and O–H groups in total. The van der Waals surface area contributed by atoms with E-state index in [-0.39, 0.29) is 11.9 Å². The second-order valence-corrected chi connectivity index (χ2v) is 9.41. The molecule has 1 atom stereocenters. The fraction of sp³-hybridized carbons (Fsp3) is 0.300. The number of benzene rings is 2. The number of carbonyl (C=O) groups excluding carboxylic acids is 1. The lowest BCUT2D eigenvalue weighted by Gasteiger charge is -2.35. The Balaban J connectivity index is 1.39. The van der Waals surface area contributed by atoms with Crippen molar-refractivity contribution in [1.82, 2.24) is 25.0 Å². The van der Waals surface area contributed by atoms with Crippen molar-refractivity contribution in [3.05, 3.63) is 102 Å². The molecule has 2 aromatic carbocycles. The molecular weight excluding hydrogens is 462 g/mol. The molecule has 0 radical (unpaired) electrons. The van der Waals surface area contributed by atoms with Crippen LogP contribution in [0.3, 0.4) is 0 Å². The van der Waals surface area contributed by atoms with Gasteiger partial charge in [-0.3, -0.25) is 19.4 Å². The standard InChI is InChI=1S/C30H33N5O2/c1-37-26-14-12-24(13-15-26)28(34-17-6-3-7-18-34)20-32-30(36)27-22-35(21-23-9-4-2-5-10-23)33-29(27)25-11-8-16-31-19-25/h2,4-5,8-16,19,22,28H,3,6-7,17-18,20-21H2,1H3,(H,32,36)/t28-/m1/s1. The minimum Gasteiger partial charge on any atom is -0.497 e. The average molecular weight is 496 g/mol. The Hall–Kier alpha value is -3.97. The minimum atomic E-state index is -0.131. The third kappa shape index (κ3) is 6.06. The number of ether oxygens (including phenoxy) is 1. The number of pyridine rings is 1. The molecule has 5 rings (SSSR count). The van der Waals surface area contributed by atoms with Crippen LogP contribution in [0.1, 0.15) is 46.8 Å². The van der Waals surface area contributed by atoms with Crippen LogP contribution >= 0.6 is 0 Å². The lowest BCUT2D eigenvalue weighted by Crippen LogP contribution is -2.40. The average Bonchev–Trinajstić information content (AvgIpc) is 3.39. The summed E-state index contributed by atoms with van der Waals surface area (Å²) in [5.41, 5.74) is 4.31. The molecular formula is C30H33N5O2. The molecule has 0 spiro atoms. The topological polar surface area (TPSA) is 72.3 Å². The molecule has 7 nitrogen and oxygen atoms in total. The molecule has 1 amide bonds. The molecule has 0 saturated carbocycles. The van der Waals surface area contributed by atoms with Crippen molar-refractivity contribution in [3.8, 4) is 17.0 Å². The van der Waals surface area contributed by atoms with Crippen LogP contribution < -0.4 is 10.1 Å². The number of hydrogen-bond donors (Lipinski definition) is 1. The third-order valence-electron chi connectivity index (χ3n) is 6.92. The van der Waals surface area contributed by atoms with Crippen molar-refractivity contribution in [2.24, 2.45) is 0 Å². The van der Waals surface area contributed by atoms with E-state index in [1.807, 2.05) is 53.3 Å². The minimum absolute atomic E-state index is 0.0939. The van der Waals surface area contributed by atoms with Crippen molar-refractivity contribution >= 4 is 5.91 Å². The predicted molar refractivity (Wildman–Crippen MR) is 144 cm³/mol. The predicted octanol–water partition coefficient (Wildman–Crippen LogP) is 4.96. The molecule has 4 aromatic rings. The highest BCUT2D eigenvalue weighted by atomic mass is 16.5. The number of rotatable bonds is 9. The molecule has 2 aromatic heterocycles. The van der Waals surface area contributed by atoms with E-state index in [9.17, 15) is 4.79 Å². The number of piperidine rings is 1. The van der Waals surface area contributed by atoms with Crippen molar-refractivity contribution in [3.63, 3.8) is 0 Å². The quantitative estimate of drug-likeness (QED) is 0.355. The maximum Gasteiger partial charge on any atom is 0.255 e. The molecule has 1 saturated heterocycles. The van der Waals surface area contributed by atoms with Gasteiger partial charge in [0.1, 0.15) is 11.4 Å². The first kappa shape index (κ1) is 24.7. The number of likely N-dealkylation sites (tertiary alicyclic amines) is 1. The van der Waals surface area contributed by atoms with Gasteiger partial charge in [0.05, 0.1) is 25.3 Å². The fourth-order valence-corrected chi connectivity index (χ4v) is 4.95. The van der Waals surface area contributed by atoms with Crippen molar-refractivity contribution in [1.29, 1.82) is 0 Å². The first-order chi connectivity index (χ1) is 18.2. The Labute approximate surface area is 218 Å². The van der Waals surface area contributed by atoms with Crippen LogP contribution in [0, 0.1) is 0 Å². The zero-order chi connectivity index (χ0) is 25.5. The summed E-state index contributed by atoms with van der Waals surface area (Å²) in [7, 11) is 1.68. The summed E-state index contributed by atoms with van der Waals surface area (Å²) in [6.45, 7) is 3.16. The summed E-state index contributed by atoms with van der Waals surface area (Å²) in [6.07, 6.45) is 8.93. The summed E-state index contributed by atoms with van der Waals surface area (Å²) in [5.74, 6) is 0.700. The van der Waals surface area contributed by atoms with Crippen molar-refractivity contribution in [2.75, 3.05) is 26.7 Å². The molecule has 7 heteroatoms. The Morgan fingerprint density at radius 3 is 2.49 bits per heavy atom. The Kier molecular flexibility index (Phi) is 7.91. The highest BCUT2D eigenvalue weighted by Gasteiger charge is 2.25. The molecule has 0 unspecified atom stereocenters. The van der Waals surface area contributed by atoms with Crippen LogP contribution in [0.2, 0.25) is 0 Å².